The van der Waals surface area contributed by atoms with Crippen LogP contribution in [0.5, 0.6) is 11.5 Å². The molecule has 10 heteroatoms. The first-order valence-electron chi connectivity index (χ1n) is 16.2. The number of piperazine rings is 1. The van der Waals surface area contributed by atoms with Gasteiger partial charge in [-0.25, -0.2) is 4.79 Å². The number of aromatic hydroxyl groups is 1. The molecule has 0 radical (unpaired) electrons. The molecule has 47 heavy (non-hydrogen) atoms. The molecule has 2 heterocycles. The molecule has 2 N–H and O–H groups in total. The van der Waals surface area contributed by atoms with E-state index in [9.17, 15) is 19.5 Å². The number of hydrazine groups is 1. The lowest BCUT2D eigenvalue weighted by Crippen LogP contribution is -2.66. The molecule has 2 atom stereocenters. The second-order valence-electron chi connectivity index (χ2n) is 11.8. The molecule has 0 aliphatic carbocycles. The smallest absolute Gasteiger partial charge is 0.332 e. The number of nitrogens with zero attached hydrogens (tertiary/aromatic N) is 4. The number of hydrogen-bond acceptors (Lipinski definition) is 6. The summed E-state index contributed by atoms with van der Waals surface area (Å²) in [6.45, 7) is 7.63. The molecule has 5 rings (SSSR count). The van der Waals surface area contributed by atoms with Gasteiger partial charge in [0.05, 0.1) is 25.3 Å². The summed E-state index contributed by atoms with van der Waals surface area (Å²) < 4.78 is 6.01. The maximum absolute atomic E-state index is 14.2. The lowest BCUT2D eigenvalue weighted by atomic mass is 9.99. The molecule has 4 amide bonds. The van der Waals surface area contributed by atoms with Gasteiger partial charge in [0.1, 0.15) is 23.7 Å². The van der Waals surface area contributed by atoms with Crippen molar-refractivity contribution in [3.63, 3.8) is 0 Å². The Kier molecular flexibility index (Phi) is 11.0. The Hall–Kier alpha value is -5.01. The van der Waals surface area contributed by atoms with Crippen LogP contribution in [-0.4, -0.2) is 81.2 Å². The molecule has 246 valence electrons. The molecule has 2 aliphatic rings. The number of fused-ring (bicyclic) bond motifs is 1. The van der Waals surface area contributed by atoms with Crippen molar-refractivity contribution in [2.24, 2.45) is 0 Å². The van der Waals surface area contributed by atoms with Crippen molar-refractivity contribution in [2.45, 2.75) is 65.3 Å². The number of ether oxygens (including phenoxy) is 1. The molecule has 0 saturated carbocycles. The van der Waals surface area contributed by atoms with Crippen molar-refractivity contribution >= 4 is 17.8 Å². The number of urea groups is 1. The number of nitrogens with one attached hydrogen (secondary N) is 1. The van der Waals surface area contributed by atoms with Gasteiger partial charge in [-0.1, -0.05) is 68.3 Å². The van der Waals surface area contributed by atoms with Crippen molar-refractivity contribution in [3.05, 3.63) is 95.1 Å². The van der Waals surface area contributed by atoms with Crippen LogP contribution in [0, 0.1) is 11.8 Å². The highest BCUT2D eigenvalue weighted by Crippen LogP contribution is 2.31. The van der Waals surface area contributed by atoms with E-state index in [0.717, 1.165) is 28.7 Å². The number of phenols is 1. The first-order chi connectivity index (χ1) is 22.8. The van der Waals surface area contributed by atoms with Gasteiger partial charge in [0.25, 0.3) is 0 Å². The zero-order valence-corrected chi connectivity index (χ0v) is 27.3. The van der Waals surface area contributed by atoms with E-state index in [1.54, 1.807) is 46.0 Å². The lowest BCUT2D eigenvalue weighted by molar-refractivity contribution is -0.157. The standard InChI is InChI=1S/C37H43N5O5/c1-4-10-30-16-13-29(22-33(30)47-20-6-3)24-39-25-34-41(40(19-5-2)37(46)38-23-28-11-8-7-9-12-28)26-35(44)42(34)32(36(39)45)21-27-14-17-31(43)18-15-27/h7-9,11-18,22,32,34,43H,5-6,19-21,23-26H2,1-3H3,(H,38,46)/t32-,34+/m0/s1. The summed E-state index contributed by atoms with van der Waals surface area (Å²) >= 11 is 0. The van der Waals surface area contributed by atoms with Gasteiger partial charge < -0.3 is 25.0 Å². The molecule has 2 aliphatic heterocycles. The number of rotatable bonds is 12. The largest absolute Gasteiger partial charge is 0.508 e. The Morgan fingerprint density at radius 1 is 1.00 bits per heavy atom. The van der Waals surface area contributed by atoms with Gasteiger partial charge in [-0.3, -0.25) is 14.6 Å². The first-order valence-corrected chi connectivity index (χ1v) is 16.2. The Morgan fingerprint density at radius 3 is 2.45 bits per heavy atom. The molecular weight excluding hydrogens is 594 g/mol. The molecule has 0 unspecified atom stereocenters. The molecule has 3 aromatic rings. The maximum Gasteiger partial charge on any atom is 0.332 e. The van der Waals surface area contributed by atoms with E-state index in [0.29, 0.717) is 38.4 Å². The molecule has 10 nitrogen and oxygen atoms in total. The minimum atomic E-state index is -0.785. The average Bonchev–Trinajstić information content (AvgIpc) is 3.40. The number of phenolic OH excluding ortho intramolecular Hbond substituents is 1. The number of carbonyl (C=O) groups is 3. The Labute approximate surface area is 276 Å². The fourth-order valence-electron chi connectivity index (χ4n) is 6.12. The van der Waals surface area contributed by atoms with Crippen LogP contribution in [0.4, 0.5) is 4.79 Å². The summed E-state index contributed by atoms with van der Waals surface area (Å²) in [5, 5.41) is 16.3. The highest BCUT2D eigenvalue weighted by Gasteiger charge is 2.52. The molecule has 0 aromatic heterocycles. The Bertz CT molecular complexity index is 1620. The monoisotopic (exact) mass is 637 g/mol. The summed E-state index contributed by atoms with van der Waals surface area (Å²) in [5.41, 5.74) is 3.45. The maximum atomic E-state index is 14.2. The third-order valence-corrected chi connectivity index (χ3v) is 8.34. The molecular formula is C37H43N5O5. The van der Waals surface area contributed by atoms with Gasteiger partial charge >= 0.3 is 6.03 Å². The molecule has 2 saturated heterocycles. The van der Waals surface area contributed by atoms with E-state index >= 15 is 0 Å². The molecule has 0 spiro atoms. The Balaban J connectivity index is 1.45. The minimum absolute atomic E-state index is 0.0178. The lowest BCUT2D eigenvalue weighted by Gasteiger charge is -2.46. The first kappa shape index (κ1) is 33.4. The number of benzene rings is 3. The normalized spacial score (nSPS) is 17.6. The van der Waals surface area contributed by atoms with Crippen molar-refractivity contribution in [1.29, 1.82) is 0 Å². The van der Waals surface area contributed by atoms with Crippen LogP contribution in [0.2, 0.25) is 0 Å². The number of hydrogen-bond donors (Lipinski definition) is 2. The molecule has 2 fully saturated rings. The van der Waals surface area contributed by atoms with Gasteiger partial charge in [0, 0.05) is 26.1 Å². The van der Waals surface area contributed by atoms with Crippen molar-refractivity contribution in [1.82, 2.24) is 25.1 Å². The zero-order valence-electron chi connectivity index (χ0n) is 27.3. The number of carbonyl (C=O) groups excluding carboxylic acids is 3. The summed E-state index contributed by atoms with van der Waals surface area (Å²) in [4.78, 5) is 45.0. The van der Waals surface area contributed by atoms with Crippen molar-refractivity contribution in [3.8, 4) is 23.3 Å². The quantitative estimate of drug-likeness (QED) is 0.283. The fraction of sp³-hybridized carbons (Fsp3) is 0.378. The molecule has 0 bridgehead atoms. The summed E-state index contributed by atoms with van der Waals surface area (Å²) in [7, 11) is 0. The van der Waals surface area contributed by atoms with Crippen molar-refractivity contribution in [2.75, 3.05) is 26.2 Å². The highest BCUT2D eigenvalue weighted by atomic mass is 16.5. The topological polar surface area (TPSA) is 106 Å². The van der Waals surface area contributed by atoms with E-state index in [1.165, 1.54) is 0 Å². The predicted octanol–water partition coefficient (Wildman–Crippen LogP) is 4.51. The van der Waals surface area contributed by atoms with Gasteiger partial charge in [0.2, 0.25) is 11.8 Å². The van der Waals surface area contributed by atoms with E-state index in [1.807, 2.05) is 67.4 Å². The zero-order chi connectivity index (χ0) is 33.3. The fourth-order valence-corrected chi connectivity index (χ4v) is 6.12. The van der Waals surface area contributed by atoms with Crippen molar-refractivity contribution < 1.29 is 24.2 Å². The number of amides is 4. The molecule has 3 aromatic carbocycles. The van der Waals surface area contributed by atoms with Crippen LogP contribution in [0.1, 0.15) is 55.9 Å². The van der Waals surface area contributed by atoms with E-state index in [-0.39, 0.29) is 43.1 Å². The Morgan fingerprint density at radius 2 is 1.74 bits per heavy atom. The van der Waals surface area contributed by atoms with Crippen LogP contribution < -0.4 is 10.1 Å². The summed E-state index contributed by atoms with van der Waals surface area (Å²) in [5.74, 6) is 6.44. The minimum Gasteiger partial charge on any atom is -0.508 e. The van der Waals surface area contributed by atoms with Gasteiger partial charge in [0.15, 0.2) is 0 Å². The van der Waals surface area contributed by atoms with E-state index < -0.39 is 12.2 Å². The second-order valence-corrected chi connectivity index (χ2v) is 11.8. The van der Waals surface area contributed by atoms with Crippen LogP contribution in [0.15, 0.2) is 72.8 Å². The van der Waals surface area contributed by atoms with Crippen LogP contribution in [0.3, 0.4) is 0 Å². The summed E-state index contributed by atoms with van der Waals surface area (Å²) in [6.07, 6.45) is 1.26. The van der Waals surface area contributed by atoms with Gasteiger partial charge in [-0.15, -0.1) is 5.92 Å². The third kappa shape index (κ3) is 7.87. The van der Waals surface area contributed by atoms with E-state index in [4.69, 9.17) is 4.74 Å². The van der Waals surface area contributed by atoms with Gasteiger partial charge in [-0.05, 0) is 60.7 Å². The third-order valence-electron chi connectivity index (χ3n) is 8.34. The van der Waals surface area contributed by atoms with Crippen LogP contribution in [0.25, 0.3) is 0 Å². The highest BCUT2D eigenvalue weighted by molar-refractivity contribution is 5.91. The van der Waals surface area contributed by atoms with Crippen LogP contribution in [-0.2, 0) is 29.1 Å². The van der Waals surface area contributed by atoms with E-state index in [2.05, 4.69) is 17.2 Å². The second kappa shape index (κ2) is 15.5. The van der Waals surface area contributed by atoms with Crippen LogP contribution >= 0.6 is 0 Å². The average molecular weight is 638 g/mol. The summed E-state index contributed by atoms with van der Waals surface area (Å²) in [6, 6.07) is 21.1. The van der Waals surface area contributed by atoms with Gasteiger partial charge in [-0.2, -0.15) is 5.01 Å². The SMILES string of the molecule is CC#Cc1ccc(CN2C[C@H]3N(C(=O)CN3N(CCC)C(=O)NCc3ccccc3)[C@@H](Cc3ccc(O)cc3)C2=O)cc1OCCC. The predicted molar refractivity (Wildman–Crippen MR) is 179 cm³/mol.